The fourth-order valence-electron chi connectivity index (χ4n) is 2.26. The van der Waals surface area contributed by atoms with Gasteiger partial charge in [0.05, 0.1) is 5.56 Å². The van der Waals surface area contributed by atoms with Crippen molar-refractivity contribution in [1.29, 1.82) is 0 Å². The van der Waals surface area contributed by atoms with Crippen LogP contribution < -0.4 is 10.6 Å². The Balaban J connectivity index is 1.65. The van der Waals surface area contributed by atoms with Gasteiger partial charge in [0, 0.05) is 17.3 Å². The van der Waals surface area contributed by atoms with Crippen LogP contribution in [-0.2, 0) is 4.79 Å². The van der Waals surface area contributed by atoms with Crippen molar-refractivity contribution in [3.05, 3.63) is 53.6 Å². The van der Waals surface area contributed by atoms with Crippen molar-refractivity contribution < 1.29 is 14.7 Å². The van der Waals surface area contributed by atoms with Crippen LogP contribution in [-0.4, -0.2) is 16.9 Å². The topological polar surface area (TPSA) is 78.4 Å². The van der Waals surface area contributed by atoms with Gasteiger partial charge in [0.15, 0.2) is 0 Å². The maximum atomic E-state index is 12.2. The summed E-state index contributed by atoms with van der Waals surface area (Å²) in [6, 6.07) is 11.8. The van der Waals surface area contributed by atoms with Crippen LogP contribution in [0, 0.1) is 12.8 Å². The van der Waals surface area contributed by atoms with Gasteiger partial charge < -0.3 is 15.7 Å². The molecule has 2 amide bonds. The molecule has 23 heavy (non-hydrogen) atoms. The number of rotatable bonds is 4. The smallest absolute Gasteiger partial charge is 0.259 e. The predicted molar refractivity (Wildman–Crippen MR) is 88.6 cm³/mol. The summed E-state index contributed by atoms with van der Waals surface area (Å²) in [6.45, 7) is 1.84. The van der Waals surface area contributed by atoms with E-state index in [-0.39, 0.29) is 29.0 Å². The van der Waals surface area contributed by atoms with E-state index in [0.717, 1.165) is 18.4 Å². The molecule has 2 aromatic carbocycles. The van der Waals surface area contributed by atoms with Gasteiger partial charge in [-0.1, -0.05) is 6.07 Å². The van der Waals surface area contributed by atoms with Gasteiger partial charge >= 0.3 is 0 Å². The molecular formula is C18H18N2O3. The van der Waals surface area contributed by atoms with Gasteiger partial charge in [0.2, 0.25) is 5.91 Å². The van der Waals surface area contributed by atoms with E-state index in [1.165, 1.54) is 0 Å². The van der Waals surface area contributed by atoms with Gasteiger partial charge in [-0.15, -0.1) is 0 Å². The standard InChI is InChI=1S/C18H18N2O3/c1-11-2-9-15(16(21)10-11)18(23)20-14-7-5-13(6-8-14)19-17(22)12-3-4-12/h2,5-10,12,21H,3-4H2,1H3,(H,19,22)(H,20,23). The van der Waals surface area contributed by atoms with E-state index in [0.29, 0.717) is 11.4 Å². The van der Waals surface area contributed by atoms with Gasteiger partial charge in [-0.05, 0) is 61.7 Å². The molecule has 5 heteroatoms. The normalized spacial score (nSPS) is 13.4. The van der Waals surface area contributed by atoms with Crippen LogP contribution in [0.25, 0.3) is 0 Å². The van der Waals surface area contributed by atoms with Crippen LogP contribution in [0.5, 0.6) is 5.75 Å². The highest BCUT2D eigenvalue weighted by Crippen LogP contribution is 2.30. The number of benzene rings is 2. The van der Waals surface area contributed by atoms with Crippen molar-refractivity contribution in [3.8, 4) is 5.75 Å². The van der Waals surface area contributed by atoms with E-state index in [1.807, 2.05) is 6.92 Å². The summed E-state index contributed by atoms with van der Waals surface area (Å²) in [5.74, 6) is -0.224. The third-order valence-corrected chi connectivity index (χ3v) is 3.76. The average Bonchev–Trinajstić information content (AvgIpc) is 3.33. The first-order chi connectivity index (χ1) is 11.0. The molecule has 0 spiro atoms. The summed E-state index contributed by atoms with van der Waals surface area (Å²) in [5.41, 5.74) is 2.41. The van der Waals surface area contributed by atoms with Gasteiger partial charge in [-0.3, -0.25) is 9.59 Å². The zero-order valence-electron chi connectivity index (χ0n) is 12.8. The lowest BCUT2D eigenvalue weighted by atomic mass is 10.1. The van der Waals surface area contributed by atoms with Crippen molar-refractivity contribution in [2.24, 2.45) is 5.92 Å². The SMILES string of the molecule is Cc1ccc(C(=O)Nc2ccc(NC(=O)C3CC3)cc2)c(O)c1. The quantitative estimate of drug-likeness (QED) is 0.810. The predicted octanol–water partition coefficient (Wildman–Crippen LogP) is 3.30. The summed E-state index contributed by atoms with van der Waals surface area (Å²) in [7, 11) is 0. The van der Waals surface area contributed by atoms with E-state index in [4.69, 9.17) is 0 Å². The number of aromatic hydroxyl groups is 1. The molecule has 1 aliphatic carbocycles. The van der Waals surface area contributed by atoms with Crippen LogP contribution in [0.4, 0.5) is 11.4 Å². The summed E-state index contributed by atoms with van der Waals surface area (Å²) >= 11 is 0. The van der Waals surface area contributed by atoms with Crippen molar-refractivity contribution in [2.45, 2.75) is 19.8 Å². The summed E-state index contributed by atoms with van der Waals surface area (Å²) < 4.78 is 0. The number of hydrogen-bond donors (Lipinski definition) is 3. The largest absolute Gasteiger partial charge is 0.507 e. The fourth-order valence-corrected chi connectivity index (χ4v) is 2.26. The number of anilines is 2. The molecule has 118 valence electrons. The van der Waals surface area contributed by atoms with Crippen LogP contribution in [0.3, 0.4) is 0 Å². The van der Waals surface area contributed by atoms with Crippen molar-refractivity contribution >= 4 is 23.2 Å². The minimum Gasteiger partial charge on any atom is -0.507 e. The average molecular weight is 310 g/mol. The molecule has 0 saturated heterocycles. The molecule has 0 atom stereocenters. The zero-order valence-corrected chi connectivity index (χ0v) is 12.8. The van der Waals surface area contributed by atoms with Crippen molar-refractivity contribution in [1.82, 2.24) is 0 Å². The molecule has 1 saturated carbocycles. The molecule has 0 bridgehead atoms. The minimum absolute atomic E-state index is 0.0455. The maximum Gasteiger partial charge on any atom is 0.259 e. The Morgan fingerprint density at radius 2 is 1.61 bits per heavy atom. The number of phenols is 1. The Morgan fingerprint density at radius 3 is 2.17 bits per heavy atom. The second-order valence-electron chi connectivity index (χ2n) is 5.82. The number of hydrogen-bond acceptors (Lipinski definition) is 3. The monoisotopic (exact) mass is 310 g/mol. The van der Waals surface area contributed by atoms with Crippen LogP contribution >= 0.6 is 0 Å². The molecular weight excluding hydrogens is 292 g/mol. The third-order valence-electron chi connectivity index (χ3n) is 3.76. The van der Waals surface area contributed by atoms with Gasteiger partial charge in [0.25, 0.3) is 5.91 Å². The number of carbonyl (C=O) groups is 2. The lowest BCUT2D eigenvalue weighted by Crippen LogP contribution is -2.14. The number of phenolic OH excluding ortho intramolecular Hbond substituents is 1. The summed E-state index contributed by atoms with van der Waals surface area (Å²) in [4.78, 5) is 23.8. The first kappa shape index (κ1) is 15.1. The van der Waals surface area contributed by atoms with Gasteiger partial charge in [0.1, 0.15) is 5.75 Å². The first-order valence-electron chi connectivity index (χ1n) is 7.55. The van der Waals surface area contributed by atoms with Crippen LogP contribution in [0.15, 0.2) is 42.5 Å². The Morgan fingerprint density at radius 1 is 1.00 bits per heavy atom. The molecule has 0 heterocycles. The molecule has 1 fully saturated rings. The first-order valence-corrected chi connectivity index (χ1v) is 7.55. The zero-order chi connectivity index (χ0) is 16.4. The molecule has 0 radical (unpaired) electrons. The summed E-state index contributed by atoms with van der Waals surface area (Å²) in [5, 5.41) is 15.4. The molecule has 5 nitrogen and oxygen atoms in total. The number of carbonyl (C=O) groups excluding carboxylic acids is 2. The Kier molecular flexibility index (Phi) is 4.02. The van der Waals surface area contributed by atoms with Crippen molar-refractivity contribution in [3.63, 3.8) is 0 Å². The minimum atomic E-state index is -0.378. The number of nitrogens with one attached hydrogen (secondary N) is 2. The van der Waals surface area contributed by atoms with E-state index < -0.39 is 0 Å². The molecule has 1 aliphatic rings. The van der Waals surface area contributed by atoms with E-state index in [9.17, 15) is 14.7 Å². The lowest BCUT2D eigenvalue weighted by molar-refractivity contribution is -0.117. The van der Waals surface area contributed by atoms with Crippen LogP contribution in [0.2, 0.25) is 0 Å². The summed E-state index contributed by atoms with van der Waals surface area (Å²) in [6.07, 6.45) is 1.92. The molecule has 0 aliphatic heterocycles. The second kappa shape index (κ2) is 6.12. The van der Waals surface area contributed by atoms with E-state index >= 15 is 0 Å². The van der Waals surface area contributed by atoms with Crippen LogP contribution in [0.1, 0.15) is 28.8 Å². The lowest BCUT2D eigenvalue weighted by Gasteiger charge is -2.09. The Hall–Kier alpha value is -2.82. The Bertz CT molecular complexity index is 749. The molecule has 3 N–H and O–H groups in total. The second-order valence-corrected chi connectivity index (χ2v) is 5.82. The molecule has 0 aromatic heterocycles. The van der Waals surface area contributed by atoms with E-state index in [1.54, 1.807) is 42.5 Å². The fraction of sp³-hybridized carbons (Fsp3) is 0.222. The highest BCUT2D eigenvalue weighted by Gasteiger charge is 2.29. The molecule has 0 unspecified atom stereocenters. The van der Waals surface area contributed by atoms with Gasteiger partial charge in [-0.2, -0.15) is 0 Å². The number of aryl methyl sites for hydroxylation is 1. The molecule has 3 rings (SSSR count). The number of amides is 2. The highest BCUT2D eigenvalue weighted by molar-refractivity contribution is 6.06. The highest BCUT2D eigenvalue weighted by atomic mass is 16.3. The molecule has 2 aromatic rings. The van der Waals surface area contributed by atoms with Crippen molar-refractivity contribution in [2.75, 3.05) is 10.6 Å². The van der Waals surface area contributed by atoms with E-state index in [2.05, 4.69) is 10.6 Å². The maximum absolute atomic E-state index is 12.2. The Labute approximate surface area is 134 Å². The third kappa shape index (κ3) is 3.69. The van der Waals surface area contributed by atoms with Gasteiger partial charge in [-0.25, -0.2) is 0 Å².